The van der Waals surface area contributed by atoms with Gasteiger partial charge in [0.25, 0.3) is 0 Å². The fourth-order valence-corrected chi connectivity index (χ4v) is 5.29. The van der Waals surface area contributed by atoms with Gasteiger partial charge in [-0.1, -0.05) is 23.7 Å². The SMILES string of the molecule is Cc1ccc2cc(COc3ccc(S(=O)(=O)N4CCCC4)cc3[N+](=O)[O-])c(Cl)nc2c1. The fraction of sp³-hybridized carbons (Fsp3) is 0.286. The average molecular weight is 462 g/mol. The van der Waals surface area contributed by atoms with Crippen molar-refractivity contribution in [2.75, 3.05) is 13.1 Å². The van der Waals surface area contributed by atoms with Crippen LogP contribution in [0.15, 0.2) is 47.4 Å². The number of hydrogen-bond acceptors (Lipinski definition) is 6. The number of sulfonamides is 1. The predicted octanol–water partition coefficient (Wildman–Crippen LogP) is 4.47. The van der Waals surface area contributed by atoms with Crippen LogP contribution in [0.3, 0.4) is 0 Å². The molecule has 0 saturated carbocycles. The second-order valence-electron chi connectivity index (χ2n) is 7.42. The molecule has 0 spiro atoms. The summed E-state index contributed by atoms with van der Waals surface area (Å²) in [5.41, 5.74) is 1.96. The van der Waals surface area contributed by atoms with Gasteiger partial charge in [0.05, 0.1) is 15.3 Å². The molecular formula is C21H20ClN3O5S. The van der Waals surface area contributed by atoms with Crippen molar-refractivity contribution in [2.24, 2.45) is 0 Å². The Morgan fingerprint density at radius 1 is 1.16 bits per heavy atom. The molecule has 8 nitrogen and oxygen atoms in total. The van der Waals surface area contributed by atoms with Gasteiger partial charge < -0.3 is 4.74 Å². The van der Waals surface area contributed by atoms with Gasteiger partial charge in [-0.3, -0.25) is 10.1 Å². The molecule has 2 heterocycles. The van der Waals surface area contributed by atoms with Crippen LogP contribution in [0.5, 0.6) is 5.75 Å². The van der Waals surface area contributed by atoms with Gasteiger partial charge in [-0.2, -0.15) is 4.31 Å². The molecule has 1 aliphatic rings. The summed E-state index contributed by atoms with van der Waals surface area (Å²) in [6, 6.07) is 11.3. The third-order valence-corrected chi connectivity index (χ3v) is 7.43. The number of aryl methyl sites for hydroxylation is 1. The van der Waals surface area contributed by atoms with Crippen molar-refractivity contribution in [1.82, 2.24) is 9.29 Å². The van der Waals surface area contributed by atoms with Gasteiger partial charge in [-0.25, -0.2) is 13.4 Å². The first-order valence-corrected chi connectivity index (χ1v) is 11.5. The molecule has 10 heteroatoms. The number of nitrogens with zero attached hydrogens (tertiary/aromatic N) is 3. The molecule has 0 unspecified atom stereocenters. The second-order valence-corrected chi connectivity index (χ2v) is 9.72. The van der Waals surface area contributed by atoms with Gasteiger partial charge in [0.2, 0.25) is 10.0 Å². The number of nitro benzene ring substituents is 1. The van der Waals surface area contributed by atoms with Crippen molar-refractivity contribution in [1.29, 1.82) is 0 Å². The number of pyridine rings is 1. The Morgan fingerprint density at radius 2 is 1.90 bits per heavy atom. The van der Waals surface area contributed by atoms with Crippen LogP contribution >= 0.6 is 11.6 Å². The standard InChI is InChI=1S/C21H20ClN3O5S/c1-14-4-5-15-11-16(21(22)23-18(15)10-14)13-30-20-7-6-17(12-19(20)25(26)27)31(28,29)24-8-2-3-9-24/h4-7,10-12H,2-3,8-9,13H2,1H3. The zero-order valence-electron chi connectivity index (χ0n) is 16.7. The van der Waals surface area contributed by atoms with Crippen LogP contribution in [-0.2, 0) is 16.6 Å². The Hall–Kier alpha value is -2.75. The number of fused-ring (bicyclic) bond motifs is 1. The monoisotopic (exact) mass is 461 g/mol. The van der Waals surface area contributed by atoms with Crippen LogP contribution in [0.2, 0.25) is 5.15 Å². The molecule has 4 rings (SSSR count). The Balaban J connectivity index is 1.61. The molecule has 1 aromatic heterocycles. The number of ether oxygens (including phenoxy) is 1. The number of halogens is 1. The summed E-state index contributed by atoms with van der Waals surface area (Å²) in [7, 11) is -3.77. The van der Waals surface area contributed by atoms with Crippen molar-refractivity contribution < 1.29 is 18.1 Å². The van der Waals surface area contributed by atoms with Gasteiger partial charge in [0.1, 0.15) is 11.8 Å². The molecular weight excluding hydrogens is 442 g/mol. The number of aromatic nitrogens is 1. The first-order valence-electron chi connectivity index (χ1n) is 9.73. The molecule has 1 aliphatic heterocycles. The summed E-state index contributed by atoms with van der Waals surface area (Å²) in [4.78, 5) is 15.2. The predicted molar refractivity (Wildman–Crippen MR) is 117 cm³/mol. The molecule has 1 fully saturated rings. The van der Waals surface area contributed by atoms with E-state index in [4.69, 9.17) is 16.3 Å². The van der Waals surface area contributed by atoms with E-state index in [0.29, 0.717) is 18.7 Å². The molecule has 1 saturated heterocycles. The average Bonchev–Trinajstić information content (AvgIpc) is 3.28. The Morgan fingerprint density at radius 3 is 2.61 bits per heavy atom. The van der Waals surface area contributed by atoms with Crippen LogP contribution in [0, 0.1) is 17.0 Å². The first kappa shape index (κ1) is 21.5. The normalized spacial score (nSPS) is 14.8. The van der Waals surface area contributed by atoms with Crippen LogP contribution in [-0.4, -0.2) is 35.7 Å². The summed E-state index contributed by atoms with van der Waals surface area (Å²) in [5, 5.41) is 12.7. The number of nitro groups is 1. The summed E-state index contributed by atoms with van der Waals surface area (Å²) < 4.78 is 32.5. The highest BCUT2D eigenvalue weighted by Gasteiger charge is 2.30. The first-order chi connectivity index (χ1) is 14.8. The van der Waals surface area contributed by atoms with Crippen molar-refractivity contribution in [3.8, 4) is 5.75 Å². The van der Waals surface area contributed by atoms with E-state index >= 15 is 0 Å². The minimum absolute atomic E-state index is 0.0366. The van der Waals surface area contributed by atoms with Gasteiger partial charge in [0, 0.05) is 30.1 Å². The highest BCUT2D eigenvalue weighted by Crippen LogP contribution is 2.33. The molecule has 0 atom stereocenters. The molecule has 3 aromatic rings. The molecule has 2 aromatic carbocycles. The van der Waals surface area contributed by atoms with Crippen LogP contribution in [0.1, 0.15) is 24.0 Å². The molecule has 31 heavy (non-hydrogen) atoms. The van der Waals surface area contributed by atoms with Crippen LogP contribution < -0.4 is 4.74 Å². The third-order valence-electron chi connectivity index (χ3n) is 5.21. The maximum absolute atomic E-state index is 12.7. The molecule has 0 amide bonds. The number of rotatable bonds is 6. The summed E-state index contributed by atoms with van der Waals surface area (Å²) in [6.45, 7) is 2.75. The lowest BCUT2D eigenvalue weighted by atomic mass is 10.1. The van der Waals surface area contributed by atoms with Crippen molar-refractivity contribution in [3.63, 3.8) is 0 Å². The highest BCUT2D eigenvalue weighted by atomic mass is 35.5. The van der Waals surface area contributed by atoms with E-state index in [-0.39, 0.29) is 22.4 Å². The summed E-state index contributed by atoms with van der Waals surface area (Å²) in [5.74, 6) is -0.0366. The zero-order valence-corrected chi connectivity index (χ0v) is 18.3. The maximum atomic E-state index is 12.7. The smallest absolute Gasteiger partial charge is 0.312 e. The van der Waals surface area contributed by atoms with Crippen molar-refractivity contribution in [2.45, 2.75) is 31.3 Å². The van der Waals surface area contributed by atoms with Gasteiger partial charge in [-0.05, 0) is 49.6 Å². The lowest BCUT2D eigenvalue weighted by molar-refractivity contribution is -0.386. The van der Waals surface area contributed by atoms with E-state index in [1.807, 2.05) is 31.2 Å². The Bertz CT molecular complexity index is 1270. The molecule has 0 bridgehead atoms. The number of benzene rings is 2. The Labute approximate surface area is 184 Å². The lowest BCUT2D eigenvalue weighted by Gasteiger charge is -2.16. The van der Waals surface area contributed by atoms with Crippen molar-refractivity contribution >= 4 is 38.2 Å². The molecule has 162 valence electrons. The minimum atomic E-state index is -3.77. The van der Waals surface area contributed by atoms with E-state index in [0.717, 1.165) is 35.4 Å². The largest absolute Gasteiger partial charge is 0.482 e. The van der Waals surface area contributed by atoms with E-state index in [1.54, 1.807) is 0 Å². The van der Waals surface area contributed by atoms with E-state index in [1.165, 1.54) is 16.4 Å². The van der Waals surface area contributed by atoms with E-state index < -0.39 is 20.6 Å². The van der Waals surface area contributed by atoms with Gasteiger partial charge >= 0.3 is 5.69 Å². The quantitative estimate of drug-likeness (QED) is 0.305. The van der Waals surface area contributed by atoms with E-state index in [2.05, 4.69) is 4.98 Å². The fourth-order valence-electron chi connectivity index (χ4n) is 3.55. The topological polar surface area (TPSA) is 103 Å². The summed E-state index contributed by atoms with van der Waals surface area (Å²) in [6.07, 6.45) is 1.56. The van der Waals surface area contributed by atoms with Gasteiger partial charge in [-0.15, -0.1) is 0 Å². The minimum Gasteiger partial charge on any atom is -0.482 e. The molecule has 0 N–H and O–H groups in total. The van der Waals surface area contributed by atoms with E-state index in [9.17, 15) is 18.5 Å². The van der Waals surface area contributed by atoms with Gasteiger partial charge in [0.15, 0.2) is 5.75 Å². The third kappa shape index (κ3) is 4.34. The van der Waals surface area contributed by atoms with Crippen molar-refractivity contribution in [3.05, 3.63) is 68.9 Å². The Kier molecular flexibility index (Phi) is 5.83. The molecule has 0 radical (unpaired) electrons. The number of hydrogen-bond donors (Lipinski definition) is 0. The lowest BCUT2D eigenvalue weighted by Crippen LogP contribution is -2.27. The maximum Gasteiger partial charge on any atom is 0.312 e. The zero-order chi connectivity index (χ0) is 22.2. The van der Waals surface area contributed by atoms with Crippen LogP contribution in [0.25, 0.3) is 10.9 Å². The summed E-state index contributed by atoms with van der Waals surface area (Å²) >= 11 is 6.27. The second kappa shape index (κ2) is 8.41. The highest BCUT2D eigenvalue weighted by molar-refractivity contribution is 7.89. The molecule has 0 aliphatic carbocycles. The van der Waals surface area contributed by atoms with Crippen LogP contribution in [0.4, 0.5) is 5.69 Å².